The van der Waals surface area contributed by atoms with E-state index in [1.165, 1.54) is 0 Å². The van der Waals surface area contributed by atoms with Crippen molar-refractivity contribution in [3.8, 4) is 0 Å². The number of hydrogen-bond donors (Lipinski definition) is 1. The minimum Gasteiger partial charge on any atom is -0.350 e. The number of carbonyl (C=O) groups is 2. The second-order valence-electron chi connectivity index (χ2n) is 7.15. The fourth-order valence-electron chi connectivity index (χ4n) is 3.09. The van der Waals surface area contributed by atoms with Gasteiger partial charge in [0, 0.05) is 38.4 Å². The van der Waals surface area contributed by atoms with Gasteiger partial charge in [0.1, 0.15) is 0 Å². The first-order chi connectivity index (χ1) is 12.8. The summed E-state index contributed by atoms with van der Waals surface area (Å²) in [4.78, 5) is 37.2. The second kappa shape index (κ2) is 7.73. The number of benzene rings is 1. The highest BCUT2D eigenvalue weighted by Crippen LogP contribution is 2.25. The van der Waals surface area contributed by atoms with Crippen LogP contribution in [0.3, 0.4) is 0 Å². The lowest BCUT2D eigenvalue weighted by Crippen LogP contribution is -2.33. The van der Waals surface area contributed by atoms with E-state index < -0.39 is 0 Å². The third-order valence-electron chi connectivity index (χ3n) is 4.58. The van der Waals surface area contributed by atoms with Crippen LogP contribution in [0.25, 0.3) is 0 Å². The molecule has 1 aromatic carbocycles. The SMILES string of the molecule is Cc1ccc(N2CC(C(=O)NCc3cc(C)nc(N(C)C)n3)CC2=O)cc1. The van der Waals surface area contributed by atoms with Gasteiger partial charge in [0.05, 0.1) is 18.2 Å². The molecule has 27 heavy (non-hydrogen) atoms. The van der Waals surface area contributed by atoms with Gasteiger partial charge in [-0.25, -0.2) is 9.97 Å². The summed E-state index contributed by atoms with van der Waals surface area (Å²) in [7, 11) is 3.75. The maximum absolute atomic E-state index is 12.6. The van der Waals surface area contributed by atoms with Crippen LogP contribution in [0.4, 0.5) is 11.6 Å². The molecular formula is C20H25N5O2. The van der Waals surface area contributed by atoms with Crippen LogP contribution in [0.2, 0.25) is 0 Å². The van der Waals surface area contributed by atoms with Gasteiger partial charge in [-0.05, 0) is 32.0 Å². The Kier molecular flexibility index (Phi) is 5.39. The molecule has 7 heteroatoms. The first-order valence-corrected chi connectivity index (χ1v) is 9.00. The summed E-state index contributed by atoms with van der Waals surface area (Å²) in [6.45, 7) is 4.62. The topological polar surface area (TPSA) is 78.4 Å². The molecule has 0 aliphatic carbocycles. The summed E-state index contributed by atoms with van der Waals surface area (Å²) in [5.41, 5.74) is 3.57. The Bertz CT molecular complexity index is 848. The smallest absolute Gasteiger partial charge is 0.227 e. The summed E-state index contributed by atoms with van der Waals surface area (Å²) < 4.78 is 0. The van der Waals surface area contributed by atoms with Crippen LogP contribution in [0.1, 0.15) is 23.4 Å². The van der Waals surface area contributed by atoms with Gasteiger partial charge in [0.15, 0.2) is 0 Å². The van der Waals surface area contributed by atoms with Crippen molar-refractivity contribution in [1.29, 1.82) is 0 Å². The Morgan fingerprint density at radius 2 is 1.93 bits per heavy atom. The standard InChI is InChI=1S/C20H25N5O2/c1-13-5-7-17(8-6-13)25-12-15(10-18(25)26)19(27)21-11-16-9-14(2)22-20(23-16)24(3)4/h5-9,15H,10-12H2,1-4H3,(H,21,27). The van der Waals surface area contributed by atoms with Gasteiger partial charge in [0.25, 0.3) is 0 Å². The summed E-state index contributed by atoms with van der Waals surface area (Å²) in [5, 5.41) is 2.91. The molecule has 1 fully saturated rings. The largest absolute Gasteiger partial charge is 0.350 e. The van der Waals surface area contributed by atoms with Gasteiger partial charge in [0.2, 0.25) is 17.8 Å². The molecule has 1 atom stereocenters. The number of aryl methyl sites for hydroxylation is 2. The number of amides is 2. The number of aromatic nitrogens is 2. The number of carbonyl (C=O) groups excluding carboxylic acids is 2. The fraction of sp³-hybridized carbons (Fsp3) is 0.400. The van der Waals surface area contributed by atoms with E-state index in [-0.39, 0.29) is 24.2 Å². The molecule has 2 heterocycles. The van der Waals surface area contributed by atoms with Gasteiger partial charge >= 0.3 is 0 Å². The van der Waals surface area contributed by atoms with Crippen molar-refractivity contribution in [2.24, 2.45) is 5.92 Å². The lowest BCUT2D eigenvalue weighted by Gasteiger charge is -2.17. The molecule has 2 amide bonds. The van der Waals surface area contributed by atoms with Crippen LogP contribution in [0.5, 0.6) is 0 Å². The molecule has 1 aliphatic heterocycles. The third kappa shape index (κ3) is 4.42. The molecule has 1 saturated heterocycles. The molecule has 2 aromatic rings. The number of nitrogens with zero attached hydrogens (tertiary/aromatic N) is 4. The minimum absolute atomic E-state index is 0.0215. The molecule has 1 aliphatic rings. The van der Waals surface area contributed by atoms with E-state index in [0.29, 0.717) is 19.0 Å². The zero-order valence-corrected chi connectivity index (χ0v) is 16.2. The van der Waals surface area contributed by atoms with Crippen LogP contribution in [-0.2, 0) is 16.1 Å². The van der Waals surface area contributed by atoms with Gasteiger partial charge < -0.3 is 15.1 Å². The zero-order chi connectivity index (χ0) is 19.6. The Labute approximate surface area is 159 Å². The number of hydrogen-bond acceptors (Lipinski definition) is 5. The van der Waals surface area contributed by atoms with Crippen molar-refractivity contribution in [1.82, 2.24) is 15.3 Å². The Morgan fingerprint density at radius 3 is 2.59 bits per heavy atom. The quantitative estimate of drug-likeness (QED) is 0.872. The molecule has 0 bridgehead atoms. The van der Waals surface area contributed by atoms with E-state index in [1.54, 1.807) is 4.90 Å². The summed E-state index contributed by atoms with van der Waals surface area (Å²) in [6, 6.07) is 9.62. The highest BCUT2D eigenvalue weighted by Gasteiger charge is 2.35. The highest BCUT2D eigenvalue weighted by molar-refractivity contribution is 6.00. The molecule has 0 saturated carbocycles. The fourth-order valence-corrected chi connectivity index (χ4v) is 3.09. The molecule has 142 valence electrons. The molecule has 1 N–H and O–H groups in total. The second-order valence-corrected chi connectivity index (χ2v) is 7.15. The van der Waals surface area contributed by atoms with E-state index in [4.69, 9.17) is 0 Å². The molecule has 1 aromatic heterocycles. The first kappa shape index (κ1) is 18.8. The van der Waals surface area contributed by atoms with E-state index in [2.05, 4.69) is 15.3 Å². The monoisotopic (exact) mass is 367 g/mol. The van der Waals surface area contributed by atoms with Crippen molar-refractivity contribution in [3.05, 3.63) is 47.3 Å². The van der Waals surface area contributed by atoms with Gasteiger partial charge in [-0.1, -0.05) is 17.7 Å². The Hall–Kier alpha value is -2.96. The summed E-state index contributed by atoms with van der Waals surface area (Å²) in [6.07, 6.45) is 0.228. The van der Waals surface area contributed by atoms with E-state index in [9.17, 15) is 9.59 Å². The van der Waals surface area contributed by atoms with Crippen LogP contribution in [0, 0.1) is 19.8 Å². The Balaban J connectivity index is 1.62. The van der Waals surface area contributed by atoms with Crippen molar-refractivity contribution in [2.75, 3.05) is 30.4 Å². The van der Waals surface area contributed by atoms with Gasteiger partial charge in [-0.15, -0.1) is 0 Å². The molecule has 0 spiro atoms. The maximum Gasteiger partial charge on any atom is 0.227 e. The predicted molar refractivity (Wildman–Crippen MR) is 105 cm³/mol. The number of nitrogens with one attached hydrogen (secondary N) is 1. The third-order valence-corrected chi connectivity index (χ3v) is 4.58. The van der Waals surface area contributed by atoms with E-state index >= 15 is 0 Å². The molecule has 7 nitrogen and oxygen atoms in total. The van der Waals surface area contributed by atoms with Crippen molar-refractivity contribution in [2.45, 2.75) is 26.8 Å². The summed E-state index contributed by atoms with van der Waals surface area (Å²) >= 11 is 0. The van der Waals surface area contributed by atoms with Crippen molar-refractivity contribution in [3.63, 3.8) is 0 Å². The maximum atomic E-state index is 12.6. The van der Waals surface area contributed by atoms with Crippen LogP contribution in [0.15, 0.2) is 30.3 Å². The van der Waals surface area contributed by atoms with E-state index in [0.717, 1.165) is 22.6 Å². The van der Waals surface area contributed by atoms with Crippen LogP contribution < -0.4 is 15.1 Å². The van der Waals surface area contributed by atoms with Gasteiger partial charge in [-0.2, -0.15) is 0 Å². The lowest BCUT2D eigenvalue weighted by molar-refractivity contribution is -0.126. The van der Waals surface area contributed by atoms with Crippen LogP contribution in [-0.4, -0.2) is 42.4 Å². The number of anilines is 2. The summed E-state index contributed by atoms with van der Waals surface area (Å²) in [5.74, 6) is 0.114. The van der Waals surface area contributed by atoms with Gasteiger partial charge in [-0.3, -0.25) is 9.59 Å². The molecule has 0 radical (unpaired) electrons. The molecule has 1 unspecified atom stereocenters. The Morgan fingerprint density at radius 1 is 1.22 bits per heavy atom. The first-order valence-electron chi connectivity index (χ1n) is 9.00. The molecule has 3 rings (SSSR count). The average molecular weight is 367 g/mol. The van der Waals surface area contributed by atoms with Crippen molar-refractivity contribution >= 4 is 23.5 Å². The normalized spacial score (nSPS) is 16.5. The minimum atomic E-state index is -0.352. The molecular weight excluding hydrogens is 342 g/mol. The lowest BCUT2D eigenvalue weighted by atomic mass is 10.1. The van der Waals surface area contributed by atoms with Crippen molar-refractivity contribution < 1.29 is 9.59 Å². The van der Waals surface area contributed by atoms with E-state index in [1.807, 2.05) is 63.2 Å². The number of rotatable bonds is 5. The average Bonchev–Trinajstić information content (AvgIpc) is 3.01. The van der Waals surface area contributed by atoms with Crippen LogP contribution >= 0.6 is 0 Å². The zero-order valence-electron chi connectivity index (χ0n) is 16.2. The highest BCUT2D eigenvalue weighted by atomic mass is 16.2. The predicted octanol–water partition coefficient (Wildman–Crippen LogP) is 1.83.